The molecule has 8 N–H and O–H groups in total. The normalized spacial score (nSPS) is 20.3. The molecule has 0 saturated carbocycles. The monoisotopic (exact) mass is 418 g/mol. The number of carbonyl (C=O) groups is 5. The minimum Gasteiger partial charge on any atom is -0.481 e. The molecule has 0 aromatic heterocycles. The maximum absolute atomic E-state index is 12.6. The van der Waals surface area contributed by atoms with Crippen LogP contribution in [0.15, 0.2) is 0 Å². The summed E-state index contributed by atoms with van der Waals surface area (Å²) >= 11 is 0. The van der Waals surface area contributed by atoms with Gasteiger partial charge in [-0.1, -0.05) is 0 Å². The number of aliphatic hydroxyl groups is 2. The minimum absolute atomic E-state index is 0.168. The summed E-state index contributed by atoms with van der Waals surface area (Å²) in [5.41, 5.74) is 5.57. The molecule has 1 saturated heterocycles. The molecule has 5 unspecified atom stereocenters. The van der Waals surface area contributed by atoms with Gasteiger partial charge in [-0.2, -0.15) is 0 Å². The zero-order chi connectivity index (χ0) is 22.3. The molecule has 1 aliphatic rings. The van der Waals surface area contributed by atoms with E-state index in [0.717, 1.165) is 4.90 Å². The lowest BCUT2D eigenvalue weighted by atomic mass is 10.1. The van der Waals surface area contributed by atoms with Gasteiger partial charge in [0.15, 0.2) is 0 Å². The van der Waals surface area contributed by atoms with E-state index < -0.39 is 73.0 Å². The van der Waals surface area contributed by atoms with Crippen LogP contribution in [0.2, 0.25) is 0 Å². The molecule has 0 bridgehead atoms. The van der Waals surface area contributed by atoms with Crippen LogP contribution in [0.25, 0.3) is 0 Å². The molecule has 13 nitrogen and oxygen atoms in total. The third kappa shape index (κ3) is 6.66. The molecule has 1 heterocycles. The number of carboxylic acids is 2. The Bertz CT molecular complexity index is 654. The Morgan fingerprint density at radius 3 is 2.28 bits per heavy atom. The predicted molar refractivity (Wildman–Crippen MR) is 95.2 cm³/mol. The Morgan fingerprint density at radius 1 is 1.17 bits per heavy atom. The number of carbonyl (C=O) groups excluding carboxylic acids is 3. The molecular formula is C16H26N4O9. The number of aliphatic hydroxyl groups excluding tert-OH is 2. The van der Waals surface area contributed by atoms with Gasteiger partial charge < -0.3 is 41.7 Å². The first-order valence-corrected chi connectivity index (χ1v) is 8.89. The van der Waals surface area contributed by atoms with Crippen LogP contribution in [0.4, 0.5) is 0 Å². The quantitative estimate of drug-likeness (QED) is 0.183. The van der Waals surface area contributed by atoms with Crippen molar-refractivity contribution in [1.82, 2.24) is 15.5 Å². The van der Waals surface area contributed by atoms with Crippen LogP contribution < -0.4 is 16.4 Å². The number of hydrogen-bond donors (Lipinski definition) is 7. The maximum atomic E-state index is 12.6. The zero-order valence-corrected chi connectivity index (χ0v) is 15.8. The molecule has 1 fully saturated rings. The van der Waals surface area contributed by atoms with Gasteiger partial charge in [0.25, 0.3) is 0 Å². The van der Waals surface area contributed by atoms with Crippen LogP contribution in [0.5, 0.6) is 0 Å². The summed E-state index contributed by atoms with van der Waals surface area (Å²) in [6.45, 7) is 0.467. The van der Waals surface area contributed by atoms with Gasteiger partial charge in [-0.15, -0.1) is 0 Å². The van der Waals surface area contributed by atoms with Crippen LogP contribution in [0.1, 0.15) is 26.2 Å². The lowest BCUT2D eigenvalue weighted by molar-refractivity contribution is -0.145. The fourth-order valence-corrected chi connectivity index (χ4v) is 2.89. The summed E-state index contributed by atoms with van der Waals surface area (Å²) in [5.74, 6) is -5.32. The van der Waals surface area contributed by atoms with E-state index in [-0.39, 0.29) is 13.0 Å². The van der Waals surface area contributed by atoms with E-state index in [4.69, 9.17) is 21.1 Å². The summed E-state index contributed by atoms with van der Waals surface area (Å²) in [6, 6.07) is -5.53. The number of aliphatic carboxylic acids is 2. The summed E-state index contributed by atoms with van der Waals surface area (Å²) in [7, 11) is 0. The summed E-state index contributed by atoms with van der Waals surface area (Å²) in [6.07, 6.45) is -1.34. The molecule has 0 aromatic rings. The third-order valence-electron chi connectivity index (χ3n) is 4.41. The smallest absolute Gasteiger partial charge is 0.328 e. The van der Waals surface area contributed by atoms with E-state index in [9.17, 15) is 29.1 Å². The van der Waals surface area contributed by atoms with Crippen molar-refractivity contribution in [3.05, 3.63) is 0 Å². The molecule has 164 valence electrons. The molecule has 13 heteroatoms. The minimum atomic E-state index is -1.63. The molecule has 0 aliphatic carbocycles. The first-order chi connectivity index (χ1) is 13.5. The highest BCUT2D eigenvalue weighted by atomic mass is 16.4. The average molecular weight is 418 g/mol. The Morgan fingerprint density at radius 2 is 1.79 bits per heavy atom. The number of nitrogens with one attached hydrogen (secondary N) is 2. The van der Waals surface area contributed by atoms with Crippen molar-refractivity contribution in [3.63, 3.8) is 0 Å². The average Bonchev–Trinajstić information content (AvgIpc) is 3.11. The zero-order valence-electron chi connectivity index (χ0n) is 15.8. The first kappa shape index (κ1) is 24.3. The van der Waals surface area contributed by atoms with Crippen molar-refractivity contribution in [2.75, 3.05) is 13.2 Å². The number of carboxylic acid groups (broad SMARTS) is 2. The van der Waals surface area contributed by atoms with Crippen molar-refractivity contribution in [3.8, 4) is 0 Å². The third-order valence-corrected chi connectivity index (χ3v) is 4.41. The van der Waals surface area contributed by atoms with Crippen molar-refractivity contribution in [1.29, 1.82) is 0 Å². The summed E-state index contributed by atoms with van der Waals surface area (Å²) < 4.78 is 0. The van der Waals surface area contributed by atoms with Crippen LogP contribution in [0, 0.1) is 0 Å². The molecule has 0 radical (unpaired) electrons. The molecule has 29 heavy (non-hydrogen) atoms. The number of likely N-dealkylation sites (tertiary alicyclic amines) is 1. The van der Waals surface area contributed by atoms with Gasteiger partial charge in [-0.25, -0.2) is 4.79 Å². The molecule has 1 rings (SSSR count). The number of amides is 3. The van der Waals surface area contributed by atoms with Crippen LogP contribution in [-0.4, -0.2) is 98.4 Å². The SMILES string of the molecule is CC(O)C(NC(=O)C1CCCN1C(=O)C(N)CC(=O)O)C(=O)NC(CO)C(=O)O. The van der Waals surface area contributed by atoms with Gasteiger partial charge in [0, 0.05) is 6.54 Å². The second-order valence-corrected chi connectivity index (χ2v) is 6.70. The number of hydrogen-bond acceptors (Lipinski definition) is 8. The number of nitrogens with two attached hydrogens (primary N) is 1. The highest BCUT2D eigenvalue weighted by Gasteiger charge is 2.39. The Hall–Kier alpha value is -2.77. The van der Waals surface area contributed by atoms with Crippen molar-refractivity contribution in [2.24, 2.45) is 5.73 Å². The van der Waals surface area contributed by atoms with Gasteiger partial charge in [0.2, 0.25) is 17.7 Å². The molecule has 0 spiro atoms. The fourth-order valence-electron chi connectivity index (χ4n) is 2.89. The van der Waals surface area contributed by atoms with E-state index in [1.165, 1.54) is 6.92 Å². The van der Waals surface area contributed by atoms with Crippen molar-refractivity contribution >= 4 is 29.7 Å². The predicted octanol–water partition coefficient (Wildman–Crippen LogP) is -3.79. The molecular weight excluding hydrogens is 392 g/mol. The Kier molecular flexibility index (Phi) is 8.94. The van der Waals surface area contributed by atoms with Crippen LogP contribution >= 0.6 is 0 Å². The topological polar surface area (TPSA) is 220 Å². The standard InChI is InChI=1S/C16H26N4O9/c1-7(22)12(14(26)18-9(6-21)16(28)29)19-13(25)10-3-2-4-20(10)15(27)8(17)5-11(23)24/h7-10,12,21-22H,2-6,17H2,1H3,(H,18,26)(H,19,25)(H,23,24)(H,28,29). The van der Waals surface area contributed by atoms with Gasteiger partial charge in [-0.05, 0) is 19.8 Å². The highest BCUT2D eigenvalue weighted by Crippen LogP contribution is 2.19. The van der Waals surface area contributed by atoms with Crippen LogP contribution in [0.3, 0.4) is 0 Å². The molecule has 1 aliphatic heterocycles. The lowest BCUT2D eigenvalue weighted by Crippen LogP contribution is -2.59. The second kappa shape index (κ2) is 10.7. The van der Waals surface area contributed by atoms with Gasteiger partial charge in [-0.3, -0.25) is 19.2 Å². The fraction of sp³-hybridized carbons (Fsp3) is 0.688. The number of nitrogens with zero attached hydrogens (tertiary/aromatic N) is 1. The summed E-state index contributed by atoms with van der Waals surface area (Å²) in [4.78, 5) is 59.9. The first-order valence-electron chi connectivity index (χ1n) is 8.89. The molecule has 3 amide bonds. The van der Waals surface area contributed by atoms with Crippen molar-refractivity contribution < 1.29 is 44.4 Å². The Labute approximate surface area is 165 Å². The largest absolute Gasteiger partial charge is 0.481 e. The second-order valence-electron chi connectivity index (χ2n) is 6.70. The van der Waals surface area contributed by atoms with E-state index in [0.29, 0.717) is 6.42 Å². The maximum Gasteiger partial charge on any atom is 0.328 e. The van der Waals surface area contributed by atoms with Gasteiger partial charge in [0.05, 0.1) is 25.2 Å². The summed E-state index contributed by atoms with van der Waals surface area (Å²) in [5, 5.41) is 40.7. The van der Waals surface area contributed by atoms with Gasteiger partial charge in [0.1, 0.15) is 18.1 Å². The number of rotatable bonds is 10. The lowest BCUT2D eigenvalue weighted by Gasteiger charge is -2.29. The molecule has 5 atom stereocenters. The molecule has 0 aromatic carbocycles. The Balaban J connectivity index is 2.86. The van der Waals surface area contributed by atoms with E-state index in [2.05, 4.69) is 5.32 Å². The van der Waals surface area contributed by atoms with Crippen molar-refractivity contribution in [2.45, 2.75) is 56.5 Å². The van der Waals surface area contributed by atoms with Gasteiger partial charge >= 0.3 is 11.9 Å². The van der Waals surface area contributed by atoms with Crippen LogP contribution in [-0.2, 0) is 24.0 Å². The van der Waals surface area contributed by atoms with E-state index >= 15 is 0 Å². The van der Waals surface area contributed by atoms with E-state index in [1.54, 1.807) is 0 Å². The highest BCUT2D eigenvalue weighted by molar-refractivity contribution is 5.95. The van der Waals surface area contributed by atoms with E-state index in [1.807, 2.05) is 5.32 Å².